The first-order valence-electron chi connectivity index (χ1n) is 5.74. The molecular formula is C12H17BrOS2. The van der Waals surface area contributed by atoms with E-state index in [1.54, 1.807) is 11.3 Å². The quantitative estimate of drug-likeness (QED) is 0.906. The first-order chi connectivity index (χ1) is 7.74. The summed E-state index contributed by atoms with van der Waals surface area (Å²) in [7, 11) is 0. The summed E-state index contributed by atoms with van der Waals surface area (Å²) in [6.07, 6.45) is 4.22. The average molecular weight is 321 g/mol. The van der Waals surface area contributed by atoms with Crippen molar-refractivity contribution in [1.29, 1.82) is 0 Å². The first kappa shape index (κ1) is 12.9. The minimum absolute atomic E-state index is 0.154. The summed E-state index contributed by atoms with van der Waals surface area (Å²) in [6.45, 7) is 0. The molecular weight excluding hydrogens is 304 g/mol. The van der Waals surface area contributed by atoms with Gasteiger partial charge in [0.15, 0.2) is 0 Å². The van der Waals surface area contributed by atoms with E-state index in [0.29, 0.717) is 0 Å². The molecule has 0 radical (unpaired) electrons. The largest absolute Gasteiger partial charge is 0.393 e. The highest BCUT2D eigenvalue weighted by Gasteiger charge is 2.18. The maximum Gasteiger partial charge on any atom is 0.0701 e. The van der Waals surface area contributed by atoms with Crippen LogP contribution in [0.5, 0.6) is 0 Å². The molecule has 90 valence electrons. The molecule has 2 rings (SSSR count). The summed E-state index contributed by atoms with van der Waals surface area (Å²) in [6, 6.07) is 4.17. The van der Waals surface area contributed by atoms with Crippen molar-refractivity contribution in [2.45, 2.75) is 31.8 Å². The highest BCUT2D eigenvalue weighted by molar-refractivity contribution is 9.11. The Morgan fingerprint density at radius 2 is 2.12 bits per heavy atom. The van der Waals surface area contributed by atoms with Gasteiger partial charge in [-0.3, -0.25) is 0 Å². The molecule has 1 aromatic heterocycles. The third-order valence-electron chi connectivity index (χ3n) is 3.01. The predicted octanol–water partition coefficient (Wildman–Crippen LogP) is 3.95. The van der Waals surface area contributed by atoms with E-state index in [9.17, 15) is 5.11 Å². The molecule has 0 bridgehead atoms. The molecule has 0 saturated carbocycles. The van der Waals surface area contributed by atoms with E-state index in [0.717, 1.165) is 22.5 Å². The van der Waals surface area contributed by atoms with Crippen molar-refractivity contribution < 1.29 is 5.11 Å². The number of thioether (sulfide) groups is 1. The average Bonchev–Trinajstić information content (AvgIpc) is 2.65. The molecule has 1 fully saturated rings. The Morgan fingerprint density at radius 1 is 1.38 bits per heavy atom. The van der Waals surface area contributed by atoms with Gasteiger partial charge in [0.05, 0.1) is 9.89 Å². The summed E-state index contributed by atoms with van der Waals surface area (Å²) in [5.74, 6) is 3.31. The van der Waals surface area contributed by atoms with E-state index in [2.05, 4.69) is 28.1 Å². The zero-order valence-electron chi connectivity index (χ0n) is 9.19. The van der Waals surface area contributed by atoms with Gasteiger partial charge in [0, 0.05) is 11.3 Å². The van der Waals surface area contributed by atoms with E-state index in [-0.39, 0.29) is 6.10 Å². The number of hydrogen-bond acceptors (Lipinski definition) is 3. The van der Waals surface area contributed by atoms with E-state index in [4.69, 9.17) is 0 Å². The second kappa shape index (κ2) is 6.43. The van der Waals surface area contributed by atoms with Gasteiger partial charge in [-0.05, 0) is 64.7 Å². The van der Waals surface area contributed by atoms with Gasteiger partial charge in [0.2, 0.25) is 0 Å². The zero-order chi connectivity index (χ0) is 11.4. The van der Waals surface area contributed by atoms with Gasteiger partial charge in [0.25, 0.3) is 0 Å². The standard InChI is InChI=1S/C12H17BrOS2/c13-12-2-1-11(16-12)8-10(14)7-9-3-5-15-6-4-9/h1-2,9-10,14H,3-8H2. The molecule has 1 N–H and O–H groups in total. The van der Waals surface area contributed by atoms with Crippen LogP contribution in [0.15, 0.2) is 15.9 Å². The Balaban J connectivity index is 1.77. The van der Waals surface area contributed by atoms with Gasteiger partial charge in [-0.15, -0.1) is 11.3 Å². The molecule has 0 spiro atoms. The zero-order valence-corrected chi connectivity index (χ0v) is 12.4. The summed E-state index contributed by atoms with van der Waals surface area (Å²) in [4.78, 5) is 1.28. The Morgan fingerprint density at radius 3 is 2.75 bits per heavy atom. The van der Waals surface area contributed by atoms with Gasteiger partial charge in [-0.25, -0.2) is 0 Å². The molecule has 1 aromatic rings. The molecule has 1 atom stereocenters. The fraction of sp³-hybridized carbons (Fsp3) is 0.667. The van der Waals surface area contributed by atoms with Crippen LogP contribution in [0.25, 0.3) is 0 Å². The first-order valence-corrected chi connectivity index (χ1v) is 8.50. The summed E-state index contributed by atoms with van der Waals surface area (Å²) in [5.41, 5.74) is 0. The number of rotatable bonds is 4. The topological polar surface area (TPSA) is 20.2 Å². The Kier molecular flexibility index (Phi) is 5.20. The van der Waals surface area contributed by atoms with Crippen LogP contribution in [-0.4, -0.2) is 22.7 Å². The van der Waals surface area contributed by atoms with Crippen LogP contribution in [0.1, 0.15) is 24.1 Å². The van der Waals surface area contributed by atoms with E-state index in [1.807, 2.05) is 11.8 Å². The minimum Gasteiger partial charge on any atom is -0.393 e. The monoisotopic (exact) mass is 320 g/mol. The predicted molar refractivity (Wildman–Crippen MR) is 76.4 cm³/mol. The fourth-order valence-corrected chi connectivity index (χ4v) is 4.90. The fourth-order valence-electron chi connectivity index (χ4n) is 2.14. The van der Waals surface area contributed by atoms with Crippen LogP contribution >= 0.6 is 39.0 Å². The Hall–Kier alpha value is 0.490. The molecule has 0 amide bonds. The van der Waals surface area contributed by atoms with Gasteiger partial charge >= 0.3 is 0 Å². The van der Waals surface area contributed by atoms with Crippen molar-refractivity contribution in [2.75, 3.05) is 11.5 Å². The van der Waals surface area contributed by atoms with E-state index >= 15 is 0 Å². The van der Waals surface area contributed by atoms with Crippen molar-refractivity contribution in [3.8, 4) is 0 Å². The molecule has 2 heterocycles. The molecule has 1 unspecified atom stereocenters. The molecule has 0 aliphatic carbocycles. The summed E-state index contributed by atoms with van der Waals surface area (Å²) in [5, 5.41) is 10.0. The van der Waals surface area contributed by atoms with E-state index < -0.39 is 0 Å². The lowest BCUT2D eigenvalue weighted by Crippen LogP contribution is -2.19. The maximum atomic E-state index is 10.0. The molecule has 4 heteroatoms. The molecule has 1 aliphatic rings. The van der Waals surface area contributed by atoms with Crippen molar-refractivity contribution in [3.63, 3.8) is 0 Å². The molecule has 0 aromatic carbocycles. The normalized spacial score (nSPS) is 19.9. The minimum atomic E-state index is -0.154. The molecule has 16 heavy (non-hydrogen) atoms. The SMILES string of the molecule is OC(Cc1ccc(Br)s1)CC1CCSCC1. The molecule has 1 aliphatic heterocycles. The lowest BCUT2D eigenvalue weighted by Gasteiger charge is -2.23. The van der Waals surface area contributed by atoms with Crippen molar-refractivity contribution in [2.24, 2.45) is 5.92 Å². The number of hydrogen-bond donors (Lipinski definition) is 1. The smallest absolute Gasteiger partial charge is 0.0701 e. The van der Waals surface area contributed by atoms with Crippen LogP contribution in [0.2, 0.25) is 0 Å². The third kappa shape index (κ3) is 4.06. The van der Waals surface area contributed by atoms with Gasteiger partial charge in [0.1, 0.15) is 0 Å². The van der Waals surface area contributed by atoms with Gasteiger partial charge < -0.3 is 5.11 Å². The molecule has 1 saturated heterocycles. The van der Waals surface area contributed by atoms with Gasteiger partial charge in [-0.1, -0.05) is 0 Å². The van der Waals surface area contributed by atoms with Crippen LogP contribution in [0.3, 0.4) is 0 Å². The lowest BCUT2D eigenvalue weighted by molar-refractivity contribution is 0.140. The molecule has 1 nitrogen and oxygen atoms in total. The second-order valence-electron chi connectivity index (χ2n) is 4.36. The van der Waals surface area contributed by atoms with Crippen molar-refractivity contribution in [1.82, 2.24) is 0 Å². The Bertz CT molecular complexity index is 321. The van der Waals surface area contributed by atoms with Crippen LogP contribution in [0, 0.1) is 5.92 Å². The highest BCUT2D eigenvalue weighted by atomic mass is 79.9. The third-order valence-corrected chi connectivity index (χ3v) is 5.71. The van der Waals surface area contributed by atoms with Crippen molar-refractivity contribution in [3.05, 3.63) is 20.8 Å². The maximum absolute atomic E-state index is 10.0. The van der Waals surface area contributed by atoms with Crippen LogP contribution in [0.4, 0.5) is 0 Å². The second-order valence-corrected chi connectivity index (χ2v) is 8.13. The van der Waals surface area contributed by atoms with Crippen LogP contribution in [-0.2, 0) is 6.42 Å². The number of aliphatic hydroxyl groups excluding tert-OH is 1. The Labute approximate surface area is 114 Å². The van der Waals surface area contributed by atoms with Crippen LogP contribution < -0.4 is 0 Å². The van der Waals surface area contributed by atoms with Gasteiger partial charge in [-0.2, -0.15) is 11.8 Å². The summed E-state index contributed by atoms with van der Waals surface area (Å²) >= 11 is 7.23. The number of halogens is 1. The highest BCUT2D eigenvalue weighted by Crippen LogP contribution is 2.28. The van der Waals surface area contributed by atoms with E-state index in [1.165, 1.54) is 29.2 Å². The summed E-state index contributed by atoms with van der Waals surface area (Å²) < 4.78 is 1.16. The van der Waals surface area contributed by atoms with Crippen molar-refractivity contribution >= 4 is 39.0 Å². The number of aliphatic hydroxyl groups is 1. The lowest BCUT2D eigenvalue weighted by atomic mass is 9.94. The number of thiophene rings is 1.